The minimum atomic E-state index is -4.53. The predicted octanol–water partition coefficient (Wildman–Crippen LogP) is 5.36. The quantitative estimate of drug-likeness (QED) is 0.224. The molecule has 0 atom stereocenters. The highest BCUT2D eigenvalue weighted by molar-refractivity contribution is 7.89. The van der Waals surface area contributed by atoms with E-state index in [1.54, 1.807) is 27.7 Å². The first-order valence-corrected chi connectivity index (χ1v) is 14.0. The van der Waals surface area contributed by atoms with E-state index in [0.29, 0.717) is 0 Å². The highest BCUT2D eigenvalue weighted by Crippen LogP contribution is 2.36. The van der Waals surface area contributed by atoms with E-state index in [9.17, 15) is 36.5 Å². The molecule has 0 unspecified atom stereocenters. The molecule has 0 saturated heterocycles. The Bertz CT molecular complexity index is 1550. The molecule has 0 radical (unpaired) electrons. The van der Waals surface area contributed by atoms with Gasteiger partial charge in [0.25, 0.3) is 11.6 Å². The topological polar surface area (TPSA) is 145 Å². The molecule has 1 heterocycles. The van der Waals surface area contributed by atoms with Crippen molar-refractivity contribution in [1.82, 2.24) is 19.8 Å². The molecule has 0 fully saturated rings. The number of alkyl halides is 3. The van der Waals surface area contributed by atoms with Crippen molar-refractivity contribution in [3.63, 3.8) is 0 Å². The van der Waals surface area contributed by atoms with E-state index in [0.717, 1.165) is 30.3 Å². The van der Waals surface area contributed by atoms with E-state index < -0.39 is 43.2 Å². The Morgan fingerprint density at radius 2 is 1.83 bits per heavy atom. The molecule has 2 aromatic carbocycles. The van der Waals surface area contributed by atoms with Crippen LogP contribution in [0.4, 0.5) is 18.9 Å². The van der Waals surface area contributed by atoms with Crippen molar-refractivity contribution >= 4 is 21.6 Å². The number of hydrogen-bond acceptors (Lipinski definition) is 7. The summed E-state index contributed by atoms with van der Waals surface area (Å²) < 4.78 is 75.0. The Morgan fingerprint density at radius 1 is 1.15 bits per heavy atom. The summed E-state index contributed by atoms with van der Waals surface area (Å²) in [5.74, 6) is -0.958. The van der Waals surface area contributed by atoms with Crippen molar-refractivity contribution in [2.75, 3.05) is 6.54 Å². The number of rotatable bonds is 11. The number of nitro groups is 1. The van der Waals surface area contributed by atoms with Gasteiger partial charge in [-0.15, -0.1) is 0 Å². The highest BCUT2D eigenvalue weighted by Gasteiger charge is 2.31. The van der Waals surface area contributed by atoms with Crippen LogP contribution >= 0.6 is 0 Å². The van der Waals surface area contributed by atoms with Gasteiger partial charge in [0.15, 0.2) is 5.69 Å². The lowest BCUT2D eigenvalue weighted by Gasteiger charge is -2.16. The van der Waals surface area contributed by atoms with Gasteiger partial charge in [0.05, 0.1) is 16.5 Å². The molecule has 3 aromatic rings. The molecule has 1 amide bonds. The van der Waals surface area contributed by atoms with Crippen LogP contribution in [0.25, 0.3) is 0 Å². The van der Waals surface area contributed by atoms with E-state index in [2.05, 4.69) is 15.1 Å². The third kappa shape index (κ3) is 7.61. The molecule has 0 aliphatic carbocycles. The number of nitrogens with one attached hydrogen (secondary N) is 2. The predicted molar refractivity (Wildman–Crippen MR) is 143 cm³/mol. The molecule has 3 rings (SSSR count). The van der Waals surface area contributed by atoms with Gasteiger partial charge in [-0.25, -0.2) is 17.8 Å². The lowest BCUT2D eigenvalue weighted by atomic mass is 10.1. The van der Waals surface area contributed by atoms with Crippen molar-refractivity contribution in [3.8, 4) is 11.6 Å². The first kappa shape index (κ1) is 31.5. The van der Waals surface area contributed by atoms with Crippen molar-refractivity contribution in [3.05, 3.63) is 75.0 Å². The van der Waals surface area contributed by atoms with Crippen LogP contribution in [0.2, 0.25) is 0 Å². The second-order valence-corrected chi connectivity index (χ2v) is 11.7. The number of nitro benzene ring substituents is 1. The third-order valence-corrected chi connectivity index (χ3v) is 7.26. The molecule has 222 valence electrons. The van der Waals surface area contributed by atoms with Crippen molar-refractivity contribution in [2.45, 2.75) is 58.3 Å². The first-order chi connectivity index (χ1) is 19.0. The van der Waals surface area contributed by atoms with Gasteiger partial charge in [0, 0.05) is 30.8 Å². The third-order valence-electron chi connectivity index (χ3n) is 5.82. The molecule has 2 N–H and O–H groups in total. The van der Waals surface area contributed by atoms with Gasteiger partial charge in [-0.2, -0.15) is 18.3 Å². The van der Waals surface area contributed by atoms with Crippen LogP contribution < -0.4 is 14.8 Å². The summed E-state index contributed by atoms with van der Waals surface area (Å²) in [6.07, 6.45) is -4.53. The summed E-state index contributed by atoms with van der Waals surface area (Å²) in [7, 11) is -4.24. The van der Waals surface area contributed by atoms with E-state index in [1.165, 1.54) is 23.7 Å². The Morgan fingerprint density at radius 3 is 2.41 bits per heavy atom. The molecular weight excluding hydrogens is 567 g/mol. The van der Waals surface area contributed by atoms with E-state index in [1.807, 2.05) is 0 Å². The number of hydrogen-bond donors (Lipinski definition) is 2. The molecule has 1 aromatic heterocycles. The lowest BCUT2D eigenvalue weighted by molar-refractivity contribution is -0.385. The zero-order chi connectivity index (χ0) is 30.7. The van der Waals surface area contributed by atoms with Crippen molar-refractivity contribution in [1.29, 1.82) is 0 Å². The molecule has 0 bridgehead atoms. The molecule has 15 heteroatoms. The number of sulfonamides is 1. The summed E-state index contributed by atoms with van der Waals surface area (Å²) in [5, 5.41) is 18.2. The number of benzene rings is 2. The molecule has 11 nitrogen and oxygen atoms in total. The number of non-ortho nitro benzene ring substituents is 1. The van der Waals surface area contributed by atoms with Crippen LogP contribution in [0.1, 0.15) is 60.9 Å². The number of ether oxygens (including phenoxy) is 1. The number of nitrogens with zero attached hydrogens (tertiary/aromatic N) is 3. The monoisotopic (exact) mass is 597 g/mol. The van der Waals surface area contributed by atoms with E-state index >= 15 is 0 Å². The molecule has 41 heavy (non-hydrogen) atoms. The number of aromatic nitrogens is 2. The summed E-state index contributed by atoms with van der Waals surface area (Å²) in [6.45, 7) is 8.43. The van der Waals surface area contributed by atoms with Crippen LogP contribution in [0.3, 0.4) is 0 Å². The second-order valence-electron chi connectivity index (χ2n) is 9.93. The zero-order valence-electron chi connectivity index (χ0n) is 22.9. The van der Waals surface area contributed by atoms with Gasteiger partial charge in [-0.05, 0) is 50.5 Å². The Balaban J connectivity index is 1.97. The maximum atomic E-state index is 13.1. The number of carbonyl (C=O) groups excluding carboxylic acids is 1. The SMILES string of the molecule is Cc1c(C(=O)NCc2cccc(C(F)(F)F)c2)nn(C(C)C)c1Oc1ccc([N+](=O)[O-])cc1S(=O)(=O)NCC(C)C. The van der Waals surface area contributed by atoms with Gasteiger partial charge in [-0.3, -0.25) is 14.9 Å². The highest BCUT2D eigenvalue weighted by atomic mass is 32.2. The minimum absolute atomic E-state index is 0.0124. The summed E-state index contributed by atoms with van der Waals surface area (Å²) in [4.78, 5) is 23.2. The fraction of sp³-hybridized carbons (Fsp3) is 0.385. The molecule has 0 aliphatic heterocycles. The average Bonchev–Trinajstić information content (AvgIpc) is 3.22. The Kier molecular flexibility index (Phi) is 9.44. The normalized spacial score (nSPS) is 12.1. The van der Waals surface area contributed by atoms with Gasteiger partial charge in [0.1, 0.15) is 10.6 Å². The second kappa shape index (κ2) is 12.3. The smallest absolute Gasteiger partial charge is 0.416 e. The summed E-state index contributed by atoms with van der Waals surface area (Å²) in [5.41, 5.74) is -0.967. The first-order valence-electron chi connectivity index (χ1n) is 12.5. The molecule has 0 aliphatic rings. The van der Waals surface area contributed by atoms with Crippen LogP contribution in [0, 0.1) is 23.0 Å². The van der Waals surface area contributed by atoms with Crippen molar-refractivity contribution < 1.29 is 36.0 Å². The molecule has 0 saturated carbocycles. The zero-order valence-corrected chi connectivity index (χ0v) is 23.8. The van der Waals surface area contributed by atoms with E-state index in [4.69, 9.17) is 4.74 Å². The fourth-order valence-electron chi connectivity index (χ4n) is 3.68. The van der Waals surface area contributed by atoms with Crippen LogP contribution in [-0.2, 0) is 22.7 Å². The van der Waals surface area contributed by atoms with Gasteiger partial charge in [0.2, 0.25) is 15.9 Å². The Hall–Kier alpha value is -3.98. The van der Waals surface area contributed by atoms with Crippen LogP contribution in [0.5, 0.6) is 11.6 Å². The van der Waals surface area contributed by atoms with Gasteiger partial charge in [-0.1, -0.05) is 26.0 Å². The Labute approximate surface area is 234 Å². The largest absolute Gasteiger partial charge is 0.438 e. The van der Waals surface area contributed by atoms with Crippen molar-refractivity contribution in [2.24, 2.45) is 5.92 Å². The number of amides is 1. The minimum Gasteiger partial charge on any atom is -0.438 e. The molecule has 0 spiro atoms. The summed E-state index contributed by atoms with van der Waals surface area (Å²) >= 11 is 0. The molecular formula is C26H30F3N5O6S. The maximum Gasteiger partial charge on any atom is 0.416 e. The fourth-order valence-corrected chi connectivity index (χ4v) is 5.04. The maximum absolute atomic E-state index is 13.1. The number of halogens is 3. The van der Waals surface area contributed by atoms with E-state index in [-0.39, 0.29) is 53.5 Å². The van der Waals surface area contributed by atoms with Crippen LogP contribution in [-0.4, -0.2) is 35.6 Å². The summed E-state index contributed by atoms with van der Waals surface area (Å²) in [6, 6.07) is 7.27. The van der Waals surface area contributed by atoms with Crippen LogP contribution in [0.15, 0.2) is 47.4 Å². The lowest BCUT2D eigenvalue weighted by Crippen LogP contribution is -2.28. The van der Waals surface area contributed by atoms with Gasteiger partial charge >= 0.3 is 6.18 Å². The standard InChI is InChI=1S/C26H30F3N5O6S/c1-15(2)13-31-41(38,39)22-12-20(34(36)37)9-10-21(22)40-25-17(5)23(32-33(25)16(3)4)24(35)30-14-18-7-6-8-19(11-18)26(27,28)29/h6-12,15-16,31H,13-14H2,1-5H3,(H,30,35). The van der Waals surface area contributed by atoms with Gasteiger partial charge < -0.3 is 10.1 Å². The number of carbonyl (C=O) groups is 1. The average molecular weight is 598 g/mol.